The van der Waals surface area contributed by atoms with Crippen molar-refractivity contribution in [3.05, 3.63) is 11.9 Å². The van der Waals surface area contributed by atoms with E-state index in [-0.39, 0.29) is 23.7 Å². The number of hydrogen-bond acceptors (Lipinski definition) is 5. The number of carbonyl (C=O) groups excluding carboxylic acids is 2. The van der Waals surface area contributed by atoms with Crippen LogP contribution in [0.1, 0.15) is 31.3 Å². The lowest BCUT2D eigenvalue weighted by atomic mass is 10.1. The van der Waals surface area contributed by atoms with Gasteiger partial charge in [-0.05, 0) is 20.8 Å². The molecule has 0 saturated heterocycles. The standard InChI is InChI=1S/C10H16N4O3/c1-10(2,3)11-8(15)6-14-5-7(12-13-14)9(16)17-4/h5H,6H2,1-4H3,(H,11,15). The van der Waals surface area contributed by atoms with E-state index in [1.165, 1.54) is 18.0 Å². The summed E-state index contributed by atoms with van der Waals surface area (Å²) in [6, 6.07) is 0. The third-order valence-electron chi connectivity index (χ3n) is 1.75. The van der Waals surface area contributed by atoms with Gasteiger partial charge >= 0.3 is 5.97 Å². The van der Waals surface area contributed by atoms with E-state index in [0.717, 1.165) is 0 Å². The number of nitrogens with zero attached hydrogens (tertiary/aromatic N) is 3. The molecule has 1 aromatic heterocycles. The van der Waals surface area contributed by atoms with E-state index in [9.17, 15) is 9.59 Å². The van der Waals surface area contributed by atoms with Gasteiger partial charge in [0.25, 0.3) is 0 Å². The lowest BCUT2D eigenvalue weighted by molar-refractivity contribution is -0.123. The minimum atomic E-state index is -0.576. The van der Waals surface area contributed by atoms with E-state index < -0.39 is 5.97 Å². The summed E-state index contributed by atoms with van der Waals surface area (Å²) >= 11 is 0. The van der Waals surface area contributed by atoms with Gasteiger partial charge in [0.1, 0.15) is 6.54 Å². The average Bonchev–Trinajstić information content (AvgIpc) is 2.62. The minimum absolute atomic E-state index is 0.0151. The number of esters is 1. The largest absolute Gasteiger partial charge is 0.464 e. The summed E-state index contributed by atoms with van der Waals surface area (Å²) in [5, 5.41) is 10.0. The Morgan fingerprint density at radius 2 is 2.12 bits per heavy atom. The Labute approximate surface area is 99.1 Å². The number of amides is 1. The minimum Gasteiger partial charge on any atom is -0.464 e. The number of hydrogen-bond donors (Lipinski definition) is 1. The van der Waals surface area contributed by atoms with Crippen LogP contribution in [0.5, 0.6) is 0 Å². The summed E-state index contributed by atoms with van der Waals surface area (Å²) in [4.78, 5) is 22.7. The molecule has 0 atom stereocenters. The summed E-state index contributed by atoms with van der Waals surface area (Å²) in [5.74, 6) is -0.772. The van der Waals surface area contributed by atoms with Crippen LogP contribution in [0.4, 0.5) is 0 Å². The molecule has 0 unspecified atom stereocenters. The topological polar surface area (TPSA) is 86.1 Å². The maximum Gasteiger partial charge on any atom is 0.360 e. The monoisotopic (exact) mass is 240 g/mol. The first kappa shape index (κ1) is 13.1. The average molecular weight is 240 g/mol. The Kier molecular flexibility index (Phi) is 3.82. The molecular weight excluding hydrogens is 224 g/mol. The molecule has 7 heteroatoms. The van der Waals surface area contributed by atoms with Gasteiger partial charge in [-0.2, -0.15) is 0 Å². The quantitative estimate of drug-likeness (QED) is 0.750. The number of nitrogens with one attached hydrogen (secondary N) is 1. The molecule has 94 valence electrons. The van der Waals surface area contributed by atoms with Crippen LogP contribution in [0.3, 0.4) is 0 Å². The molecule has 0 bridgehead atoms. The van der Waals surface area contributed by atoms with E-state index in [2.05, 4.69) is 20.4 Å². The van der Waals surface area contributed by atoms with E-state index in [1.807, 2.05) is 20.8 Å². The van der Waals surface area contributed by atoms with Gasteiger partial charge in [-0.25, -0.2) is 9.48 Å². The van der Waals surface area contributed by atoms with Crippen molar-refractivity contribution in [3.63, 3.8) is 0 Å². The van der Waals surface area contributed by atoms with E-state index in [0.29, 0.717) is 0 Å². The molecule has 17 heavy (non-hydrogen) atoms. The van der Waals surface area contributed by atoms with Gasteiger partial charge in [0, 0.05) is 5.54 Å². The smallest absolute Gasteiger partial charge is 0.360 e. The third-order valence-corrected chi connectivity index (χ3v) is 1.75. The molecule has 0 aliphatic rings. The first-order valence-electron chi connectivity index (χ1n) is 5.11. The second-order valence-electron chi connectivity index (χ2n) is 4.59. The second kappa shape index (κ2) is 4.94. The molecule has 0 aliphatic heterocycles. The number of aromatic nitrogens is 3. The van der Waals surface area contributed by atoms with E-state index in [4.69, 9.17) is 0 Å². The highest BCUT2D eigenvalue weighted by Gasteiger charge is 2.16. The molecule has 0 saturated carbocycles. The highest BCUT2D eigenvalue weighted by Crippen LogP contribution is 1.99. The fourth-order valence-corrected chi connectivity index (χ4v) is 1.18. The summed E-state index contributed by atoms with van der Waals surface area (Å²) in [7, 11) is 1.26. The molecule has 1 rings (SSSR count). The van der Waals surface area contributed by atoms with Gasteiger partial charge in [-0.1, -0.05) is 5.21 Å². The summed E-state index contributed by atoms with van der Waals surface area (Å²) in [6.45, 7) is 5.66. The van der Waals surface area contributed by atoms with Gasteiger partial charge in [0.15, 0.2) is 5.69 Å². The fourth-order valence-electron chi connectivity index (χ4n) is 1.18. The number of carbonyl (C=O) groups is 2. The first-order chi connectivity index (χ1) is 7.81. The number of ether oxygens (including phenoxy) is 1. The Bertz CT molecular complexity index is 419. The van der Waals surface area contributed by atoms with E-state index >= 15 is 0 Å². The van der Waals surface area contributed by atoms with Crippen molar-refractivity contribution < 1.29 is 14.3 Å². The SMILES string of the molecule is COC(=O)c1cn(CC(=O)NC(C)(C)C)nn1. The van der Waals surface area contributed by atoms with Gasteiger partial charge in [0.05, 0.1) is 13.3 Å². The molecule has 0 radical (unpaired) electrons. The maximum atomic E-state index is 11.6. The lowest BCUT2D eigenvalue weighted by Gasteiger charge is -2.20. The van der Waals surface area contributed by atoms with Crippen molar-refractivity contribution in [2.75, 3.05) is 7.11 Å². The van der Waals surface area contributed by atoms with Gasteiger partial charge < -0.3 is 10.1 Å². The first-order valence-corrected chi connectivity index (χ1v) is 5.11. The van der Waals surface area contributed by atoms with Crippen LogP contribution in [-0.4, -0.2) is 39.5 Å². The van der Waals surface area contributed by atoms with Crippen LogP contribution < -0.4 is 5.32 Å². The van der Waals surface area contributed by atoms with Crippen LogP contribution in [0.25, 0.3) is 0 Å². The van der Waals surface area contributed by atoms with Crippen LogP contribution in [0, 0.1) is 0 Å². The Morgan fingerprint density at radius 1 is 1.47 bits per heavy atom. The lowest BCUT2D eigenvalue weighted by Crippen LogP contribution is -2.42. The fraction of sp³-hybridized carbons (Fsp3) is 0.600. The van der Waals surface area contributed by atoms with Crippen molar-refractivity contribution in [1.82, 2.24) is 20.3 Å². The number of rotatable bonds is 3. The van der Waals surface area contributed by atoms with Crippen molar-refractivity contribution in [3.8, 4) is 0 Å². The zero-order chi connectivity index (χ0) is 13.1. The zero-order valence-electron chi connectivity index (χ0n) is 10.4. The highest BCUT2D eigenvalue weighted by atomic mass is 16.5. The molecule has 1 aromatic rings. The van der Waals surface area contributed by atoms with Gasteiger partial charge in [-0.3, -0.25) is 4.79 Å². The molecule has 1 N–H and O–H groups in total. The second-order valence-corrected chi connectivity index (χ2v) is 4.59. The van der Waals surface area contributed by atoms with Crippen LogP contribution >= 0.6 is 0 Å². The highest BCUT2D eigenvalue weighted by molar-refractivity contribution is 5.86. The van der Waals surface area contributed by atoms with Crippen molar-refractivity contribution >= 4 is 11.9 Å². The number of methoxy groups -OCH3 is 1. The van der Waals surface area contributed by atoms with E-state index in [1.54, 1.807) is 0 Å². The zero-order valence-corrected chi connectivity index (χ0v) is 10.4. The van der Waals surface area contributed by atoms with Crippen molar-refractivity contribution in [2.45, 2.75) is 32.9 Å². The van der Waals surface area contributed by atoms with Crippen molar-refractivity contribution in [1.29, 1.82) is 0 Å². The maximum absolute atomic E-state index is 11.6. The molecule has 7 nitrogen and oxygen atoms in total. The van der Waals surface area contributed by atoms with Crippen LogP contribution in [0.15, 0.2) is 6.20 Å². The van der Waals surface area contributed by atoms with Crippen LogP contribution in [-0.2, 0) is 16.1 Å². The molecule has 0 aliphatic carbocycles. The predicted octanol–water partition coefficient (Wildman–Crippen LogP) is -0.0206. The summed E-state index contributed by atoms with van der Waals surface area (Å²) < 4.78 is 5.76. The predicted molar refractivity (Wildman–Crippen MR) is 59.3 cm³/mol. The third kappa shape index (κ3) is 4.21. The Morgan fingerprint density at radius 3 is 2.65 bits per heavy atom. The molecule has 0 aromatic carbocycles. The molecule has 0 fully saturated rings. The Hall–Kier alpha value is -1.92. The summed E-state index contributed by atoms with van der Waals surface area (Å²) in [5.41, 5.74) is -0.223. The van der Waals surface area contributed by atoms with Crippen molar-refractivity contribution in [2.24, 2.45) is 0 Å². The summed E-state index contributed by atoms with van der Waals surface area (Å²) in [6.07, 6.45) is 1.37. The molecular formula is C10H16N4O3. The molecule has 0 spiro atoms. The Balaban J connectivity index is 2.61. The van der Waals surface area contributed by atoms with Gasteiger partial charge in [0.2, 0.25) is 5.91 Å². The molecule has 1 amide bonds. The normalized spacial score (nSPS) is 11.1. The van der Waals surface area contributed by atoms with Gasteiger partial charge in [-0.15, -0.1) is 5.10 Å². The van der Waals surface area contributed by atoms with Crippen LogP contribution in [0.2, 0.25) is 0 Å². The molecule has 1 heterocycles.